The van der Waals surface area contributed by atoms with Crippen molar-refractivity contribution in [1.29, 1.82) is 0 Å². The highest BCUT2D eigenvalue weighted by Gasteiger charge is 2.31. The molecule has 0 radical (unpaired) electrons. The number of benzene rings is 3. The van der Waals surface area contributed by atoms with Gasteiger partial charge in [0.25, 0.3) is 0 Å². The van der Waals surface area contributed by atoms with Crippen LogP contribution in [0.1, 0.15) is 89.5 Å². The van der Waals surface area contributed by atoms with Crippen LogP contribution in [0, 0.1) is 35.2 Å². The van der Waals surface area contributed by atoms with Crippen molar-refractivity contribution < 1.29 is 17.9 Å². The molecular formula is C37H43F3O. The number of ether oxygens (including phenoxy) is 1. The van der Waals surface area contributed by atoms with Gasteiger partial charge in [0, 0.05) is 5.56 Å². The van der Waals surface area contributed by atoms with Gasteiger partial charge in [-0.1, -0.05) is 61.9 Å². The molecule has 0 bridgehead atoms. The molecule has 5 rings (SSSR count). The Kier molecular flexibility index (Phi) is 9.90. The summed E-state index contributed by atoms with van der Waals surface area (Å²) < 4.78 is 50.1. The van der Waals surface area contributed by atoms with Crippen molar-refractivity contribution in [2.45, 2.75) is 84.0 Å². The normalized spacial score (nSPS) is 23.1. The lowest BCUT2D eigenvalue weighted by Crippen LogP contribution is -2.25. The van der Waals surface area contributed by atoms with Gasteiger partial charge in [0.15, 0.2) is 11.6 Å². The Hall–Kier alpha value is -3.01. The zero-order valence-electron chi connectivity index (χ0n) is 24.5. The Morgan fingerprint density at radius 3 is 2.00 bits per heavy atom. The molecule has 0 aromatic heterocycles. The molecule has 2 aliphatic carbocycles. The molecule has 0 saturated heterocycles. The molecular weight excluding hydrogens is 517 g/mol. The van der Waals surface area contributed by atoms with Crippen molar-refractivity contribution in [3.8, 4) is 28.0 Å². The lowest BCUT2D eigenvalue weighted by molar-refractivity contribution is 0.171. The number of hydrogen-bond donors (Lipinski definition) is 0. The Bertz CT molecular complexity index is 1310. The summed E-state index contributed by atoms with van der Waals surface area (Å²) in [5, 5.41) is 0. The van der Waals surface area contributed by atoms with E-state index in [1.807, 2.05) is 31.2 Å². The third-order valence-electron chi connectivity index (χ3n) is 9.49. The number of rotatable bonds is 9. The van der Waals surface area contributed by atoms with Crippen LogP contribution >= 0.6 is 0 Å². The minimum absolute atomic E-state index is 0.0624. The second kappa shape index (κ2) is 13.8. The van der Waals surface area contributed by atoms with Crippen molar-refractivity contribution in [1.82, 2.24) is 0 Å². The number of halogens is 3. The number of hydrogen-bond acceptors (Lipinski definition) is 1. The quantitative estimate of drug-likeness (QED) is 0.187. The minimum Gasteiger partial charge on any atom is -0.490 e. The molecule has 218 valence electrons. The maximum absolute atomic E-state index is 15.4. The molecule has 41 heavy (non-hydrogen) atoms. The fourth-order valence-corrected chi connectivity index (χ4v) is 7.06. The van der Waals surface area contributed by atoms with Gasteiger partial charge in [0.05, 0.1) is 6.61 Å². The molecule has 2 saturated carbocycles. The lowest BCUT2D eigenvalue weighted by Gasteiger charge is -2.37. The van der Waals surface area contributed by atoms with Crippen LogP contribution in [0.5, 0.6) is 5.75 Å². The summed E-state index contributed by atoms with van der Waals surface area (Å²) in [7, 11) is 0. The fraction of sp³-hybridized carbons (Fsp3) is 0.459. The smallest absolute Gasteiger partial charge is 0.201 e. The summed E-state index contributed by atoms with van der Waals surface area (Å²) in [6.45, 7) is 4.49. The summed E-state index contributed by atoms with van der Waals surface area (Å²) in [4.78, 5) is 0. The predicted octanol–water partition coefficient (Wildman–Crippen LogP) is 11.3. The van der Waals surface area contributed by atoms with E-state index < -0.39 is 11.6 Å². The van der Waals surface area contributed by atoms with E-state index >= 15 is 4.39 Å². The van der Waals surface area contributed by atoms with Crippen LogP contribution in [0.2, 0.25) is 0 Å². The predicted molar refractivity (Wildman–Crippen MR) is 163 cm³/mol. The molecule has 3 aromatic carbocycles. The van der Waals surface area contributed by atoms with Crippen LogP contribution in [-0.2, 0) is 0 Å². The van der Waals surface area contributed by atoms with Crippen molar-refractivity contribution in [3.05, 3.63) is 89.8 Å². The molecule has 0 amide bonds. The number of unbranched alkanes of at least 4 members (excludes halogenated alkanes) is 1. The summed E-state index contributed by atoms with van der Waals surface area (Å²) in [5.41, 5.74) is 3.21. The average Bonchev–Trinajstić information content (AvgIpc) is 3.00. The van der Waals surface area contributed by atoms with Crippen molar-refractivity contribution in [3.63, 3.8) is 0 Å². The standard InChI is InChI=1S/C37H43F3O/c1-3-5-23-41-35-22-21-33(36(39)37(35)40)30-17-13-28(14-18-30)31-19-20-32(34(38)24-31)29-15-11-27(12-16-29)26-9-7-25(6-4-2)8-10-26/h4,6,13-14,17-22,24-27,29H,3,5,7-12,15-16,23H2,1-2H3/b6-4+. The maximum Gasteiger partial charge on any atom is 0.201 e. The zero-order chi connectivity index (χ0) is 28.8. The van der Waals surface area contributed by atoms with Crippen LogP contribution in [0.25, 0.3) is 22.3 Å². The topological polar surface area (TPSA) is 9.23 Å². The molecule has 2 fully saturated rings. The van der Waals surface area contributed by atoms with Gasteiger partial charge in [-0.05, 0) is 129 Å². The van der Waals surface area contributed by atoms with Gasteiger partial charge in [-0.3, -0.25) is 0 Å². The lowest BCUT2D eigenvalue weighted by atomic mass is 9.68. The molecule has 0 aliphatic heterocycles. The van der Waals surface area contributed by atoms with Crippen LogP contribution in [0.15, 0.2) is 66.7 Å². The first-order chi connectivity index (χ1) is 20.0. The molecule has 2 aliphatic rings. The van der Waals surface area contributed by atoms with Crippen molar-refractivity contribution in [2.75, 3.05) is 6.61 Å². The first-order valence-corrected chi connectivity index (χ1v) is 15.6. The first kappa shape index (κ1) is 29.5. The maximum atomic E-state index is 15.4. The van der Waals surface area contributed by atoms with E-state index in [0.717, 1.165) is 60.1 Å². The third-order valence-corrected chi connectivity index (χ3v) is 9.49. The highest BCUT2D eigenvalue weighted by Crippen LogP contribution is 2.45. The van der Waals surface area contributed by atoms with E-state index in [0.29, 0.717) is 12.2 Å². The molecule has 0 unspecified atom stereocenters. The van der Waals surface area contributed by atoms with Gasteiger partial charge < -0.3 is 4.74 Å². The van der Waals surface area contributed by atoms with E-state index in [1.54, 1.807) is 24.3 Å². The van der Waals surface area contributed by atoms with E-state index in [1.165, 1.54) is 44.6 Å². The Morgan fingerprint density at radius 2 is 1.37 bits per heavy atom. The van der Waals surface area contributed by atoms with Crippen molar-refractivity contribution >= 4 is 0 Å². The van der Waals surface area contributed by atoms with E-state index in [4.69, 9.17) is 4.74 Å². The highest BCUT2D eigenvalue weighted by molar-refractivity contribution is 5.71. The summed E-state index contributed by atoms with van der Waals surface area (Å²) in [6, 6.07) is 15.8. The van der Waals surface area contributed by atoms with E-state index in [2.05, 4.69) is 19.1 Å². The van der Waals surface area contributed by atoms with Crippen LogP contribution in [0.4, 0.5) is 13.2 Å². The molecule has 0 spiro atoms. The van der Waals surface area contributed by atoms with Gasteiger partial charge >= 0.3 is 0 Å². The van der Waals surface area contributed by atoms with Crippen LogP contribution < -0.4 is 4.74 Å². The van der Waals surface area contributed by atoms with Crippen LogP contribution in [0.3, 0.4) is 0 Å². The Labute approximate surface area is 243 Å². The Balaban J connectivity index is 1.21. The zero-order valence-corrected chi connectivity index (χ0v) is 24.5. The van der Waals surface area contributed by atoms with Gasteiger partial charge in [0.2, 0.25) is 5.82 Å². The van der Waals surface area contributed by atoms with Gasteiger partial charge in [-0.25, -0.2) is 8.78 Å². The van der Waals surface area contributed by atoms with E-state index in [9.17, 15) is 8.78 Å². The van der Waals surface area contributed by atoms with Gasteiger partial charge in [0.1, 0.15) is 5.82 Å². The second-order valence-corrected chi connectivity index (χ2v) is 12.1. The summed E-state index contributed by atoms with van der Waals surface area (Å²) in [5.74, 6) is 0.596. The third kappa shape index (κ3) is 6.90. The van der Waals surface area contributed by atoms with Gasteiger partial charge in [-0.15, -0.1) is 0 Å². The molecule has 0 N–H and O–H groups in total. The van der Waals surface area contributed by atoms with E-state index in [-0.39, 0.29) is 23.0 Å². The molecule has 1 nitrogen and oxygen atoms in total. The van der Waals surface area contributed by atoms with Gasteiger partial charge in [-0.2, -0.15) is 4.39 Å². The molecule has 3 aromatic rings. The summed E-state index contributed by atoms with van der Waals surface area (Å²) >= 11 is 0. The summed E-state index contributed by atoms with van der Waals surface area (Å²) in [6.07, 6.45) is 16.1. The highest BCUT2D eigenvalue weighted by atomic mass is 19.2. The van der Waals surface area contributed by atoms with Crippen LogP contribution in [-0.4, -0.2) is 6.61 Å². The number of allylic oxidation sites excluding steroid dienone is 2. The largest absolute Gasteiger partial charge is 0.490 e. The average molecular weight is 561 g/mol. The monoisotopic (exact) mass is 560 g/mol. The molecule has 0 heterocycles. The minimum atomic E-state index is -0.967. The SMILES string of the molecule is C/C=C/C1CCC(C2CCC(c3ccc(-c4ccc(-c5ccc(OCCCC)c(F)c5F)cc4)cc3F)CC2)CC1. The fourth-order valence-electron chi connectivity index (χ4n) is 7.06. The molecule has 0 atom stereocenters. The Morgan fingerprint density at radius 1 is 0.732 bits per heavy atom. The second-order valence-electron chi connectivity index (χ2n) is 12.1. The van der Waals surface area contributed by atoms with Crippen molar-refractivity contribution in [2.24, 2.45) is 17.8 Å². The first-order valence-electron chi connectivity index (χ1n) is 15.6. The molecule has 4 heteroatoms.